The van der Waals surface area contributed by atoms with Gasteiger partial charge in [-0.25, -0.2) is 14.8 Å². The van der Waals surface area contributed by atoms with Crippen LogP contribution in [-0.4, -0.2) is 65.2 Å². The lowest BCUT2D eigenvalue weighted by Gasteiger charge is -2.36. The fourth-order valence-corrected chi connectivity index (χ4v) is 3.46. The molecule has 2 aromatic heterocycles. The van der Waals surface area contributed by atoms with Crippen LogP contribution in [0.2, 0.25) is 0 Å². The molecule has 150 valence electrons. The number of hydrogen-bond donors (Lipinski definition) is 2. The number of benzene rings is 1. The fraction of sp³-hybridized carbons (Fsp3) is 0.333. The maximum absolute atomic E-state index is 12.3. The highest BCUT2D eigenvalue weighted by Crippen LogP contribution is 2.28. The smallest absolute Gasteiger partial charge is 0.317 e. The Kier molecular flexibility index (Phi) is 5.81. The van der Waals surface area contributed by atoms with Gasteiger partial charge in [0.25, 0.3) is 0 Å². The van der Waals surface area contributed by atoms with Crippen LogP contribution in [0.15, 0.2) is 48.8 Å². The monoisotopic (exact) mass is 391 g/mol. The predicted octanol–water partition coefficient (Wildman–Crippen LogP) is 1.87. The molecule has 8 heteroatoms. The van der Waals surface area contributed by atoms with Gasteiger partial charge in [0.05, 0.1) is 5.52 Å². The maximum Gasteiger partial charge on any atom is 0.317 e. The molecule has 8 nitrogen and oxygen atoms in total. The van der Waals surface area contributed by atoms with Gasteiger partial charge in [-0.05, 0) is 37.2 Å². The number of fused-ring (bicyclic) bond motifs is 1. The zero-order valence-electron chi connectivity index (χ0n) is 16.3. The van der Waals surface area contributed by atoms with Crippen molar-refractivity contribution < 1.29 is 4.79 Å². The normalized spacial score (nSPS) is 14.2. The van der Waals surface area contributed by atoms with E-state index in [-0.39, 0.29) is 6.03 Å². The van der Waals surface area contributed by atoms with Gasteiger partial charge in [0.15, 0.2) is 5.82 Å². The fourth-order valence-electron chi connectivity index (χ4n) is 3.46. The highest BCUT2D eigenvalue weighted by molar-refractivity contribution is 5.91. The summed E-state index contributed by atoms with van der Waals surface area (Å²) >= 11 is 0. The highest BCUT2D eigenvalue weighted by Gasteiger charge is 2.23. The largest absolute Gasteiger partial charge is 0.352 e. The molecule has 0 unspecified atom stereocenters. The molecular formula is C21H25N7O. The summed E-state index contributed by atoms with van der Waals surface area (Å²) in [5.74, 6) is 1.56. The van der Waals surface area contributed by atoms with Crippen molar-refractivity contribution in [2.24, 2.45) is 5.73 Å². The third-order valence-electron chi connectivity index (χ3n) is 5.03. The SMILES string of the molecule is NCCCNC(=O)N1CCN(c2nc(-c3cccnc3)nc3ccccc23)CC1. The number of nitrogens with two attached hydrogens (primary N) is 1. The van der Waals surface area contributed by atoms with Crippen LogP contribution >= 0.6 is 0 Å². The van der Waals surface area contributed by atoms with Crippen molar-refractivity contribution in [3.8, 4) is 11.4 Å². The van der Waals surface area contributed by atoms with Crippen molar-refractivity contribution >= 4 is 22.8 Å². The Hall–Kier alpha value is -3.26. The molecule has 29 heavy (non-hydrogen) atoms. The molecule has 3 aromatic rings. The standard InChI is InChI=1S/C21H25N7O/c22-8-4-10-24-21(29)28-13-11-27(12-14-28)20-17-6-1-2-7-18(17)25-19(26-20)16-5-3-9-23-15-16/h1-3,5-7,9,15H,4,8,10-14,22H2,(H,24,29). The van der Waals surface area contributed by atoms with E-state index in [0.29, 0.717) is 32.0 Å². The molecule has 3 heterocycles. The van der Waals surface area contributed by atoms with Gasteiger partial charge >= 0.3 is 6.03 Å². The number of pyridine rings is 1. The molecule has 1 fully saturated rings. The zero-order valence-corrected chi connectivity index (χ0v) is 16.3. The molecule has 0 radical (unpaired) electrons. The Morgan fingerprint density at radius 3 is 2.66 bits per heavy atom. The molecule has 1 saturated heterocycles. The zero-order chi connectivity index (χ0) is 20.1. The summed E-state index contributed by atoms with van der Waals surface area (Å²) in [5, 5.41) is 3.94. The minimum Gasteiger partial charge on any atom is -0.352 e. The van der Waals surface area contributed by atoms with Gasteiger partial charge in [-0.2, -0.15) is 0 Å². The van der Waals surface area contributed by atoms with Gasteiger partial charge in [0, 0.05) is 56.1 Å². The molecule has 3 N–H and O–H groups in total. The number of anilines is 1. The Morgan fingerprint density at radius 1 is 1.07 bits per heavy atom. The van der Waals surface area contributed by atoms with Gasteiger partial charge in [-0.15, -0.1) is 0 Å². The van der Waals surface area contributed by atoms with Crippen LogP contribution in [-0.2, 0) is 0 Å². The second-order valence-electron chi connectivity index (χ2n) is 6.98. The van der Waals surface area contributed by atoms with Gasteiger partial charge < -0.3 is 20.9 Å². The summed E-state index contributed by atoms with van der Waals surface area (Å²) in [7, 11) is 0. The number of para-hydroxylation sites is 1. The number of nitrogens with one attached hydrogen (secondary N) is 1. The first-order valence-corrected chi connectivity index (χ1v) is 9.91. The molecular weight excluding hydrogens is 366 g/mol. The number of amides is 2. The molecule has 1 aliphatic heterocycles. The van der Waals surface area contributed by atoms with Crippen LogP contribution < -0.4 is 16.0 Å². The quantitative estimate of drug-likeness (QED) is 0.644. The topological polar surface area (TPSA) is 100 Å². The number of aromatic nitrogens is 3. The van der Waals surface area contributed by atoms with Gasteiger partial charge in [-0.3, -0.25) is 4.98 Å². The van der Waals surface area contributed by atoms with Crippen molar-refractivity contribution in [1.29, 1.82) is 0 Å². The molecule has 0 aliphatic carbocycles. The number of carbonyl (C=O) groups is 1. The van der Waals surface area contributed by atoms with E-state index in [4.69, 9.17) is 15.7 Å². The Bertz CT molecular complexity index is 971. The van der Waals surface area contributed by atoms with Gasteiger partial charge in [0.2, 0.25) is 0 Å². The molecule has 0 spiro atoms. The van der Waals surface area contributed by atoms with Crippen molar-refractivity contribution in [2.75, 3.05) is 44.2 Å². The summed E-state index contributed by atoms with van der Waals surface area (Å²) < 4.78 is 0. The van der Waals surface area contributed by atoms with E-state index in [1.807, 2.05) is 41.3 Å². The molecule has 0 atom stereocenters. The molecule has 2 amide bonds. The number of hydrogen-bond acceptors (Lipinski definition) is 6. The van der Waals surface area contributed by atoms with Crippen LogP contribution in [0.1, 0.15) is 6.42 Å². The predicted molar refractivity (Wildman–Crippen MR) is 114 cm³/mol. The number of urea groups is 1. The average molecular weight is 391 g/mol. The summed E-state index contributed by atoms with van der Waals surface area (Å²) in [6, 6.07) is 11.8. The van der Waals surface area contributed by atoms with Gasteiger partial charge in [0.1, 0.15) is 5.82 Å². The van der Waals surface area contributed by atoms with E-state index in [2.05, 4.69) is 15.2 Å². The summed E-state index contributed by atoms with van der Waals surface area (Å²) in [4.78, 5) is 30.1. The van der Waals surface area contributed by atoms with Crippen molar-refractivity contribution in [2.45, 2.75) is 6.42 Å². The van der Waals surface area contributed by atoms with Crippen LogP contribution in [0.5, 0.6) is 0 Å². The third-order valence-corrected chi connectivity index (χ3v) is 5.03. The molecule has 4 rings (SSSR count). The van der Waals surface area contributed by atoms with Crippen molar-refractivity contribution in [3.05, 3.63) is 48.8 Å². The number of piperazine rings is 1. The lowest BCUT2D eigenvalue weighted by atomic mass is 10.2. The first kappa shape index (κ1) is 19.1. The maximum atomic E-state index is 12.3. The van der Waals surface area contributed by atoms with Crippen molar-refractivity contribution in [3.63, 3.8) is 0 Å². The van der Waals surface area contributed by atoms with Crippen LogP contribution in [0.4, 0.5) is 10.6 Å². The first-order chi connectivity index (χ1) is 14.3. The van der Waals surface area contributed by atoms with Crippen LogP contribution in [0.3, 0.4) is 0 Å². The van der Waals surface area contributed by atoms with Crippen LogP contribution in [0, 0.1) is 0 Å². The van der Waals surface area contributed by atoms with Gasteiger partial charge in [-0.1, -0.05) is 12.1 Å². The summed E-state index contributed by atoms with van der Waals surface area (Å²) in [5.41, 5.74) is 7.28. The minimum absolute atomic E-state index is 0.0262. The Balaban J connectivity index is 1.56. The molecule has 1 aromatic carbocycles. The molecule has 0 saturated carbocycles. The third kappa shape index (κ3) is 4.27. The number of rotatable bonds is 5. The number of nitrogens with zero attached hydrogens (tertiary/aromatic N) is 5. The molecule has 1 aliphatic rings. The highest BCUT2D eigenvalue weighted by atomic mass is 16.2. The van der Waals surface area contributed by atoms with Crippen molar-refractivity contribution in [1.82, 2.24) is 25.2 Å². The lowest BCUT2D eigenvalue weighted by Crippen LogP contribution is -2.52. The first-order valence-electron chi connectivity index (χ1n) is 9.91. The lowest BCUT2D eigenvalue weighted by molar-refractivity contribution is 0.194. The second-order valence-corrected chi connectivity index (χ2v) is 6.98. The average Bonchev–Trinajstić information content (AvgIpc) is 2.79. The Morgan fingerprint density at radius 2 is 1.90 bits per heavy atom. The summed E-state index contributed by atoms with van der Waals surface area (Å²) in [6.45, 7) is 3.92. The van der Waals surface area contributed by atoms with E-state index in [9.17, 15) is 4.79 Å². The van der Waals surface area contributed by atoms with E-state index in [1.165, 1.54) is 0 Å². The number of carbonyl (C=O) groups excluding carboxylic acids is 1. The van der Waals surface area contributed by atoms with E-state index in [0.717, 1.165) is 41.8 Å². The van der Waals surface area contributed by atoms with Crippen LogP contribution in [0.25, 0.3) is 22.3 Å². The van der Waals surface area contributed by atoms with E-state index < -0.39 is 0 Å². The van der Waals surface area contributed by atoms with E-state index >= 15 is 0 Å². The van der Waals surface area contributed by atoms with E-state index in [1.54, 1.807) is 12.4 Å². The minimum atomic E-state index is -0.0262. The second kappa shape index (κ2) is 8.83. The molecule has 0 bridgehead atoms. The Labute approximate surface area is 169 Å². The summed E-state index contributed by atoms with van der Waals surface area (Å²) in [6.07, 6.45) is 4.30.